The number of aliphatic imine (C=N–C) groups is 1. The molecular weight excluding hydrogens is 380 g/mol. The van der Waals surface area contributed by atoms with Gasteiger partial charge in [0.05, 0.1) is 6.20 Å². The standard InChI is InChI=1S/C19H19ClN6O2/c1-2-17(28)23-14-5-3-4-13(8-14)9-21-18-16(20)10-22-19(25-18)24-15-11-26(12-15)6-7-27/h2-5,8,10-11,27H,1,6-7,9,12H2,(H-,21,22,23,25,28)/p+1. The number of carbonyl (C=O) groups excluding carboxylic acids is 1. The summed E-state index contributed by atoms with van der Waals surface area (Å²) in [4.78, 5) is 24.3. The van der Waals surface area contributed by atoms with Gasteiger partial charge in [-0.3, -0.25) is 4.79 Å². The van der Waals surface area contributed by atoms with Crippen molar-refractivity contribution in [2.24, 2.45) is 4.99 Å². The molecule has 28 heavy (non-hydrogen) atoms. The average molecular weight is 400 g/mol. The molecule has 0 aliphatic carbocycles. The molecule has 0 fully saturated rings. The predicted molar refractivity (Wildman–Crippen MR) is 110 cm³/mol. The quantitative estimate of drug-likeness (QED) is 0.465. The van der Waals surface area contributed by atoms with Crippen LogP contribution in [-0.2, 0) is 11.3 Å². The van der Waals surface area contributed by atoms with Crippen LogP contribution in [0.2, 0.25) is 5.02 Å². The Morgan fingerprint density at radius 1 is 1.46 bits per heavy atom. The van der Waals surface area contributed by atoms with Gasteiger partial charge in [0.15, 0.2) is 30.8 Å². The molecule has 1 aliphatic heterocycles. The third kappa shape index (κ3) is 5.21. The van der Waals surface area contributed by atoms with Gasteiger partial charge in [0.2, 0.25) is 5.91 Å². The summed E-state index contributed by atoms with van der Waals surface area (Å²) in [5, 5.41) is 15.2. The summed E-state index contributed by atoms with van der Waals surface area (Å²) in [5.74, 6) is 0.523. The second kappa shape index (κ2) is 9.20. The van der Waals surface area contributed by atoms with E-state index in [0.29, 0.717) is 42.1 Å². The maximum atomic E-state index is 11.4. The van der Waals surface area contributed by atoms with Crippen LogP contribution in [0.15, 0.2) is 48.1 Å². The number of aliphatic hydroxyl groups is 1. The van der Waals surface area contributed by atoms with Crippen molar-refractivity contribution in [1.82, 2.24) is 9.97 Å². The van der Waals surface area contributed by atoms with Gasteiger partial charge in [0.1, 0.15) is 11.6 Å². The van der Waals surface area contributed by atoms with Gasteiger partial charge in [0, 0.05) is 12.2 Å². The SMILES string of the molecule is C=CC(=O)Nc1cccc(CNc2nc(N=C3C=[N+](CCO)C3)ncc2Cl)c1. The third-order valence-electron chi connectivity index (χ3n) is 3.90. The Kier molecular flexibility index (Phi) is 6.46. The van der Waals surface area contributed by atoms with E-state index in [4.69, 9.17) is 16.7 Å². The zero-order valence-corrected chi connectivity index (χ0v) is 15.9. The minimum absolute atomic E-state index is 0.105. The summed E-state index contributed by atoms with van der Waals surface area (Å²) in [6.07, 6.45) is 4.57. The molecule has 3 rings (SSSR count). The summed E-state index contributed by atoms with van der Waals surface area (Å²) >= 11 is 6.18. The predicted octanol–water partition coefficient (Wildman–Crippen LogP) is 2.03. The normalized spacial score (nSPS) is 14.2. The van der Waals surface area contributed by atoms with Gasteiger partial charge in [-0.15, -0.1) is 0 Å². The molecule has 1 aliphatic rings. The summed E-state index contributed by atoms with van der Waals surface area (Å²) in [6, 6.07) is 7.42. The van der Waals surface area contributed by atoms with Gasteiger partial charge in [-0.2, -0.15) is 4.98 Å². The largest absolute Gasteiger partial charge is 0.390 e. The fourth-order valence-electron chi connectivity index (χ4n) is 2.53. The number of nitrogens with one attached hydrogen (secondary N) is 2. The monoisotopic (exact) mass is 399 g/mol. The highest BCUT2D eigenvalue weighted by Crippen LogP contribution is 2.22. The van der Waals surface area contributed by atoms with E-state index in [1.807, 2.05) is 29.0 Å². The molecule has 0 unspecified atom stereocenters. The van der Waals surface area contributed by atoms with Crippen LogP contribution in [-0.4, -0.2) is 57.2 Å². The number of nitrogens with zero attached hydrogens (tertiary/aromatic N) is 4. The first-order chi connectivity index (χ1) is 13.6. The average Bonchev–Trinajstić information content (AvgIpc) is 2.67. The first kappa shape index (κ1) is 19.7. The van der Waals surface area contributed by atoms with Crippen molar-refractivity contribution in [3.05, 3.63) is 53.7 Å². The van der Waals surface area contributed by atoms with Crippen molar-refractivity contribution in [3.63, 3.8) is 0 Å². The molecular formula is C19H20ClN6O2+. The molecule has 0 saturated carbocycles. The highest BCUT2D eigenvalue weighted by molar-refractivity contribution is 6.33. The van der Waals surface area contributed by atoms with Crippen molar-refractivity contribution >= 4 is 46.9 Å². The Labute approximate surface area is 167 Å². The Hall–Kier alpha value is -3.10. The Morgan fingerprint density at radius 2 is 2.29 bits per heavy atom. The first-order valence-corrected chi connectivity index (χ1v) is 9.01. The molecule has 3 N–H and O–H groups in total. The van der Waals surface area contributed by atoms with Crippen molar-refractivity contribution in [3.8, 4) is 0 Å². The summed E-state index contributed by atoms with van der Waals surface area (Å²) in [6.45, 7) is 5.24. The number of benzene rings is 1. The molecule has 8 nitrogen and oxygen atoms in total. The van der Waals surface area contributed by atoms with Gasteiger partial charge in [-0.05, 0) is 23.8 Å². The van der Waals surface area contributed by atoms with E-state index in [1.165, 1.54) is 12.3 Å². The van der Waals surface area contributed by atoms with Crippen molar-refractivity contribution in [2.75, 3.05) is 30.3 Å². The second-order valence-corrected chi connectivity index (χ2v) is 6.45. The Morgan fingerprint density at radius 3 is 3.04 bits per heavy atom. The smallest absolute Gasteiger partial charge is 0.252 e. The number of amides is 1. The van der Waals surface area contributed by atoms with Gasteiger partial charge in [-0.25, -0.2) is 14.6 Å². The lowest BCUT2D eigenvalue weighted by Crippen LogP contribution is -2.37. The van der Waals surface area contributed by atoms with Gasteiger partial charge in [-0.1, -0.05) is 30.3 Å². The molecule has 9 heteroatoms. The highest BCUT2D eigenvalue weighted by atomic mass is 35.5. The molecule has 1 aromatic carbocycles. The molecule has 1 amide bonds. The van der Waals surface area contributed by atoms with Crippen LogP contribution in [0.5, 0.6) is 0 Å². The number of hydrogen-bond donors (Lipinski definition) is 3. The topological polar surface area (TPSA) is 103 Å². The minimum Gasteiger partial charge on any atom is -0.390 e. The first-order valence-electron chi connectivity index (χ1n) is 8.63. The van der Waals surface area contributed by atoms with E-state index in [9.17, 15) is 4.79 Å². The Bertz CT molecular complexity index is 957. The fourth-order valence-corrected chi connectivity index (χ4v) is 2.69. The molecule has 1 aromatic heterocycles. The summed E-state index contributed by atoms with van der Waals surface area (Å²) in [5.41, 5.74) is 2.46. The molecule has 0 atom stereocenters. The van der Waals surface area contributed by atoms with E-state index in [2.05, 4.69) is 32.2 Å². The number of aromatic nitrogens is 2. The number of β-amino-alcohol motifs (C(OH)–C–C–N with tert-alkyl or cyclic N) is 1. The number of hydrogen-bond acceptors (Lipinski definition) is 6. The zero-order valence-electron chi connectivity index (χ0n) is 15.1. The minimum atomic E-state index is -0.266. The van der Waals surface area contributed by atoms with Crippen LogP contribution in [0.3, 0.4) is 0 Å². The molecule has 0 saturated heterocycles. The maximum absolute atomic E-state index is 11.4. The fraction of sp³-hybridized carbons (Fsp3) is 0.211. The van der Waals surface area contributed by atoms with Crippen molar-refractivity contribution in [1.29, 1.82) is 0 Å². The number of carbonyl (C=O) groups is 1. The molecule has 0 radical (unpaired) electrons. The Balaban J connectivity index is 1.66. The molecule has 2 heterocycles. The number of aliphatic hydroxyl groups excluding tert-OH is 1. The number of halogens is 1. The molecule has 0 spiro atoms. The van der Waals surface area contributed by atoms with E-state index in [-0.39, 0.29) is 12.5 Å². The van der Waals surface area contributed by atoms with E-state index in [1.54, 1.807) is 6.07 Å². The van der Waals surface area contributed by atoms with E-state index < -0.39 is 0 Å². The molecule has 144 valence electrons. The van der Waals surface area contributed by atoms with E-state index in [0.717, 1.165) is 11.3 Å². The van der Waals surface area contributed by atoms with Crippen LogP contribution in [0.1, 0.15) is 5.56 Å². The highest BCUT2D eigenvalue weighted by Gasteiger charge is 2.21. The lowest BCUT2D eigenvalue weighted by atomic mass is 10.2. The lowest BCUT2D eigenvalue weighted by molar-refractivity contribution is -0.521. The van der Waals surface area contributed by atoms with Crippen LogP contribution in [0.4, 0.5) is 17.5 Å². The summed E-state index contributed by atoms with van der Waals surface area (Å²) < 4.78 is 1.95. The maximum Gasteiger partial charge on any atom is 0.252 e. The van der Waals surface area contributed by atoms with Crippen molar-refractivity contribution < 1.29 is 14.5 Å². The van der Waals surface area contributed by atoms with Crippen LogP contribution in [0, 0.1) is 0 Å². The molecule has 0 bridgehead atoms. The number of anilines is 2. The third-order valence-corrected chi connectivity index (χ3v) is 4.18. The zero-order chi connectivity index (χ0) is 19.9. The van der Waals surface area contributed by atoms with Crippen molar-refractivity contribution in [2.45, 2.75) is 6.54 Å². The van der Waals surface area contributed by atoms with Gasteiger partial charge < -0.3 is 15.7 Å². The van der Waals surface area contributed by atoms with E-state index >= 15 is 0 Å². The van der Waals surface area contributed by atoms with Crippen LogP contribution in [0.25, 0.3) is 0 Å². The van der Waals surface area contributed by atoms with Crippen LogP contribution < -0.4 is 10.6 Å². The summed E-state index contributed by atoms with van der Waals surface area (Å²) in [7, 11) is 0. The van der Waals surface area contributed by atoms with Crippen LogP contribution >= 0.6 is 11.6 Å². The lowest BCUT2D eigenvalue weighted by Gasteiger charge is -2.11. The number of rotatable bonds is 8. The molecule has 2 aromatic rings. The van der Waals surface area contributed by atoms with Gasteiger partial charge in [0.25, 0.3) is 5.95 Å². The second-order valence-electron chi connectivity index (χ2n) is 6.04. The van der Waals surface area contributed by atoms with Gasteiger partial charge >= 0.3 is 0 Å².